The first-order chi connectivity index (χ1) is 9.56. The highest BCUT2D eigenvalue weighted by Crippen LogP contribution is 2.15. The molecule has 0 bridgehead atoms. The number of benzene rings is 1. The zero-order valence-corrected chi connectivity index (χ0v) is 13.0. The molecule has 0 saturated heterocycles. The van der Waals surface area contributed by atoms with Crippen molar-refractivity contribution in [3.05, 3.63) is 29.8 Å². The standard InChI is InChI=1S/C16H26N2O2/c1-5-17-12-14(3)16(19)18(4)10-11-20-15-9-7-6-8-13(15)2/h6-9,14,17H,5,10-12H2,1-4H3. The number of ether oxygens (including phenoxy) is 1. The summed E-state index contributed by atoms with van der Waals surface area (Å²) < 4.78 is 5.71. The normalized spacial score (nSPS) is 12.0. The number of amides is 1. The lowest BCUT2D eigenvalue weighted by Crippen LogP contribution is -2.38. The average molecular weight is 278 g/mol. The highest BCUT2D eigenvalue weighted by Gasteiger charge is 2.16. The number of para-hydroxylation sites is 1. The number of nitrogens with zero attached hydrogens (tertiary/aromatic N) is 1. The summed E-state index contributed by atoms with van der Waals surface area (Å²) in [6, 6.07) is 7.91. The van der Waals surface area contributed by atoms with Gasteiger partial charge in [0.15, 0.2) is 0 Å². The summed E-state index contributed by atoms with van der Waals surface area (Å²) >= 11 is 0. The van der Waals surface area contributed by atoms with Crippen LogP contribution in [0.3, 0.4) is 0 Å². The molecule has 4 nitrogen and oxygen atoms in total. The van der Waals surface area contributed by atoms with E-state index in [4.69, 9.17) is 4.74 Å². The quantitative estimate of drug-likeness (QED) is 0.791. The lowest BCUT2D eigenvalue weighted by atomic mass is 10.1. The Morgan fingerprint density at radius 3 is 2.75 bits per heavy atom. The van der Waals surface area contributed by atoms with E-state index in [1.54, 1.807) is 4.90 Å². The van der Waals surface area contributed by atoms with Crippen molar-refractivity contribution in [3.63, 3.8) is 0 Å². The summed E-state index contributed by atoms with van der Waals surface area (Å²) in [5.74, 6) is 1.03. The van der Waals surface area contributed by atoms with Crippen LogP contribution in [0.1, 0.15) is 19.4 Å². The van der Waals surface area contributed by atoms with Crippen LogP contribution >= 0.6 is 0 Å². The van der Waals surface area contributed by atoms with Gasteiger partial charge >= 0.3 is 0 Å². The van der Waals surface area contributed by atoms with Gasteiger partial charge in [0.05, 0.1) is 6.54 Å². The number of carbonyl (C=O) groups excluding carboxylic acids is 1. The molecule has 1 amide bonds. The Bertz CT molecular complexity index is 421. The summed E-state index contributed by atoms with van der Waals surface area (Å²) in [6.45, 7) is 8.73. The number of hydrogen-bond acceptors (Lipinski definition) is 3. The van der Waals surface area contributed by atoms with Gasteiger partial charge in [-0.25, -0.2) is 0 Å². The van der Waals surface area contributed by atoms with Crippen LogP contribution in [0.4, 0.5) is 0 Å². The molecule has 0 aliphatic heterocycles. The van der Waals surface area contributed by atoms with Gasteiger partial charge in [-0.05, 0) is 25.1 Å². The molecule has 0 heterocycles. The van der Waals surface area contributed by atoms with Gasteiger partial charge in [-0.15, -0.1) is 0 Å². The molecule has 1 rings (SSSR count). The first-order valence-electron chi connectivity index (χ1n) is 7.20. The second kappa shape index (κ2) is 8.59. The summed E-state index contributed by atoms with van der Waals surface area (Å²) in [5.41, 5.74) is 1.11. The van der Waals surface area contributed by atoms with E-state index in [1.165, 1.54) is 0 Å². The maximum Gasteiger partial charge on any atom is 0.226 e. The molecular weight excluding hydrogens is 252 g/mol. The summed E-state index contributed by atoms with van der Waals surface area (Å²) in [6.07, 6.45) is 0. The van der Waals surface area contributed by atoms with Crippen molar-refractivity contribution in [2.45, 2.75) is 20.8 Å². The van der Waals surface area contributed by atoms with Crippen molar-refractivity contribution in [2.75, 3.05) is 33.3 Å². The lowest BCUT2D eigenvalue weighted by Gasteiger charge is -2.22. The number of carbonyl (C=O) groups is 1. The second-order valence-electron chi connectivity index (χ2n) is 5.08. The number of likely N-dealkylation sites (N-methyl/N-ethyl adjacent to an activating group) is 1. The first kappa shape index (κ1) is 16.5. The topological polar surface area (TPSA) is 41.6 Å². The Morgan fingerprint density at radius 1 is 1.40 bits per heavy atom. The lowest BCUT2D eigenvalue weighted by molar-refractivity contribution is -0.133. The third kappa shape index (κ3) is 5.21. The highest BCUT2D eigenvalue weighted by molar-refractivity contribution is 5.78. The van der Waals surface area contributed by atoms with Crippen molar-refractivity contribution in [3.8, 4) is 5.75 Å². The van der Waals surface area contributed by atoms with Crippen molar-refractivity contribution in [2.24, 2.45) is 5.92 Å². The molecule has 1 unspecified atom stereocenters. The molecule has 0 spiro atoms. The molecule has 1 N–H and O–H groups in total. The van der Waals surface area contributed by atoms with Crippen molar-refractivity contribution >= 4 is 5.91 Å². The Labute approximate surface area is 122 Å². The fourth-order valence-electron chi connectivity index (χ4n) is 1.95. The predicted octanol–water partition coefficient (Wildman–Crippen LogP) is 2.08. The Kier molecular flexibility index (Phi) is 7.09. The molecule has 0 aromatic heterocycles. The molecular formula is C16H26N2O2. The second-order valence-corrected chi connectivity index (χ2v) is 5.08. The van der Waals surface area contributed by atoms with Crippen LogP contribution in [0.2, 0.25) is 0 Å². The third-order valence-corrected chi connectivity index (χ3v) is 3.28. The largest absolute Gasteiger partial charge is 0.491 e. The maximum atomic E-state index is 12.1. The smallest absolute Gasteiger partial charge is 0.226 e. The minimum Gasteiger partial charge on any atom is -0.491 e. The van der Waals surface area contributed by atoms with E-state index in [-0.39, 0.29) is 11.8 Å². The van der Waals surface area contributed by atoms with Crippen LogP contribution in [-0.4, -0.2) is 44.1 Å². The van der Waals surface area contributed by atoms with Crippen LogP contribution in [0, 0.1) is 12.8 Å². The SMILES string of the molecule is CCNCC(C)C(=O)N(C)CCOc1ccccc1C. The Morgan fingerprint density at radius 2 is 2.10 bits per heavy atom. The van der Waals surface area contributed by atoms with Crippen molar-refractivity contribution in [1.29, 1.82) is 0 Å². The van der Waals surface area contributed by atoms with Crippen LogP contribution in [0.25, 0.3) is 0 Å². The van der Waals surface area contributed by atoms with Gasteiger partial charge in [-0.3, -0.25) is 4.79 Å². The zero-order valence-electron chi connectivity index (χ0n) is 13.0. The van der Waals surface area contributed by atoms with Gasteiger partial charge in [0, 0.05) is 19.5 Å². The van der Waals surface area contributed by atoms with Gasteiger partial charge in [0.2, 0.25) is 5.91 Å². The van der Waals surface area contributed by atoms with Gasteiger partial charge < -0.3 is 15.0 Å². The number of hydrogen-bond donors (Lipinski definition) is 1. The molecule has 1 aromatic carbocycles. The fourth-order valence-corrected chi connectivity index (χ4v) is 1.95. The van der Waals surface area contributed by atoms with E-state index in [0.29, 0.717) is 13.2 Å². The van der Waals surface area contributed by atoms with Gasteiger partial charge in [-0.2, -0.15) is 0 Å². The van der Waals surface area contributed by atoms with Gasteiger partial charge in [0.25, 0.3) is 0 Å². The molecule has 112 valence electrons. The highest BCUT2D eigenvalue weighted by atomic mass is 16.5. The van der Waals surface area contributed by atoms with E-state index >= 15 is 0 Å². The minimum absolute atomic E-state index is 0.00147. The van der Waals surface area contributed by atoms with Crippen LogP contribution in [0.5, 0.6) is 5.75 Å². The van der Waals surface area contributed by atoms with E-state index in [1.807, 2.05) is 52.1 Å². The van der Waals surface area contributed by atoms with E-state index in [2.05, 4.69) is 5.32 Å². The van der Waals surface area contributed by atoms with E-state index < -0.39 is 0 Å². The van der Waals surface area contributed by atoms with Gasteiger partial charge in [-0.1, -0.05) is 32.0 Å². The summed E-state index contributed by atoms with van der Waals surface area (Å²) in [5, 5.41) is 3.19. The van der Waals surface area contributed by atoms with Crippen LogP contribution < -0.4 is 10.1 Å². The summed E-state index contributed by atoms with van der Waals surface area (Å²) in [7, 11) is 1.83. The van der Waals surface area contributed by atoms with E-state index in [0.717, 1.165) is 24.4 Å². The van der Waals surface area contributed by atoms with Crippen LogP contribution in [0.15, 0.2) is 24.3 Å². The Hall–Kier alpha value is -1.55. The zero-order chi connectivity index (χ0) is 15.0. The molecule has 20 heavy (non-hydrogen) atoms. The van der Waals surface area contributed by atoms with Crippen LogP contribution in [-0.2, 0) is 4.79 Å². The molecule has 0 radical (unpaired) electrons. The molecule has 1 aromatic rings. The molecule has 0 fully saturated rings. The molecule has 4 heteroatoms. The minimum atomic E-state index is -0.00147. The Balaban J connectivity index is 2.34. The monoisotopic (exact) mass is 278 g/mol. The maximum absolute atomic E-state index is 12.1. The number of rotatable bonds is 8. The van der Waals surface area contributed by atoms with Crippen molar-refractivity contribution < 1.29 is 9.53 Å². The molecule has 0 saturated carbocycles. The van der Waals surface area contributed by atoms with E-state index in [9.17, 15) is 4.79 Å². The predicted molar refractivity (Wildman–Crippen MR) is 82.0 cm³/mol. The van der Waals surface area contributed by atoms with Gasteiger partial charge in [0.1, 0.15) is 12.4 Å². The number of aryl methyl sites for hydroxylation is 1. The molecule has 0 aliphatic rings. The molecule has 1 atom stereocenters. The third-order valence-electron chi connectivity index (χ3n) is 3.28. The first-order valence-corrected chi connectivity index (χ1v) is 7.20. The average Bonchev–Trinajstić information content (AvgIpc) is 2.45. The fraction of sp³-hybridized carbons (Fsp3) is 0.562. The summed E-state index contributed by atoms with van der Waals surface area (Å²) in [4.78, 5) is 13.8. The number of nitrogens with one attached hydrogen (secondary N) is 1. The van der Waals surface area contributed by atoms with Crippen molar-refractivity contribution in [1.82, 2.24) is 10.2 Å². The molecule has 0 aliphatic carbocycles.